The number of nitrogens with zero attached hydrogens (tertiary/aromatic N) is 3. The number of benzene rings is 1. The molecular formula is C17H21N5O3S2. The van der Waals surface area contributed by atoms with E-state index in [-0.39, 0.29) is 16.8 Å². The molecule has 1 amide bonds. The first-order valence-electron chi connectivity index (χ1n) is 8.83. The molecule has 0 spiro atoms. The third-order valence-corrected chi connectivity index (χ3v) is 7.05. The molecule has 2 N–H and O–H groups in total. The Kier molecular flexibility index (Phi) is 5.13. The summed E-state index contributed by atoms with van der Waals surface area (Å²) in [5, 5.41) is 5.33. The largest absolute Gasteiger partial charge is 0.314 e. The molecule has 1 aromatic carbocycles. The average molecular weight is 408 g/mol. The van der Waals surface area contributed by atoms with Crippen LogP contribution in [0.5, 0.6) is 0 Å². The summed E-state index contributed by atoms with van der Waals surface area (Å²) in [5.41, 5.74) is 0.728. The lowest BCUT2D eigenvalue weighted by Crippen LogP contribution is -2.51. The molecule has 1 atom stereocenters. The SMILES string of the molecule is O=C1[C@@H](N2CCNCC2)CCN1c1ccc(S(=O)(=O)Nc2nccs2)cc1. The first kappa shape index (κ1) is 18.4. The van der Waals surface area contributed by atoms with E-state index in [4.69, 9.17) is 0 Å². The Labute approximate surface area is 162 Å². The van der Waals surface area contributed by atoms with Crippen LogP contribution in [0, 0.1) is 0 Å². The Bertz CT molecular complexity index is 893. The van der Waals surface area contributed by atoms with Crippen molar-refractivity contribution >= 4 is 38.1 Å². The molecule has 0 unspecified atom stereocenters. The molecule has 2 fully saturated rings. The summed E-state index contributed by atoms with van der Waals surface area (Å²) in [6, 6.07) is 6.35. The van der Waals surface area contributed by atoms with Gasteiger partial charge in [0.15, 0.2) is 5.13 Å². The number of amides is 1. The number of piperazine rings is 1. The van der Waals surface area contributed by atoms with E-state index in [1.54, 1.807) is 28.6 Å². The molecule has 27 heavy (non-hydrogen) atoms. The Balaban J connectivity index is 1.47. The third-order valence-electron chi connectivity index (χ3n) is 4.88. The van der Waals surface area contributed by atoms with E-state index in [1.165, 1.54) is 23.5 Å². The van der Waals surface area contributed by atoms with Crippen molar-refractivity contribution in [3.8, 4) is 0 Å². The quantitative estimate of drug-likeness (QED) is 0.767. The second-order valence-electron chi connectivity index (χ2n) is 6.52. The molecule has 3 heterocycles. The molecule has 1 aromatic heterocycles. The normalized spacial score (nSPS) is 21.6. The summed E-state index contributed by atoms with van der Waals surface area (Å²) in [4.78, 5) is 20.9. The first-order chi connectivity index (χ1) is 13.0. The van der Waals surface area contributed by atoms with Crippen LogP contribution in [-0.2, 0) is 14.8 Å². The summed E-state index contributed by atoms with van der Waals surface area (Å²) in [6.45, 7) is 4.22. The number of anilines is 2. The van der Waals surface area contributed by atoms with E-state index in [2.05, 4.69) is 19.9 Å². The van der Waals surface area contributed by atoms with Crippen LogP contribution in [0.1, 0.15) is 6.42 Å². The Morgan fingerprint density at radius 3 is 2.56 bits per heavy atom. The van der Waals surface area contributed by atoms with E-state index >= 15 is 0 Å². The summed E-state index contributed by atoms with van der Waals surface area (Å²) in [7, 11) is -3.69. The van der Waals surface area contributed by atoms with Gasteiger partial charge in [-0.25, -0.2) is 13.4 Å². The van der Waals surface area contributed by atoms with Crippen molar-refractivity contribution in [2.24, 2.45) is 0 Å². The molecule has 10 heteroatoms. The minimum absolute atomic E-state index is 0.0814. The lowest BCUT2D eigenvalue weighted by atomic mass is 10.2. The van der Waals surface area contributed by atoms with Crippen LogP contribution in [-0.4, -0.2) is 63.0 Å². The van der Waals surface area contributed by atoms with E-state index in [9.17, 15) is 13.2 Å². The zero-order chi connectivity index (χ0) is 18.9. The van der Waals surface area contributed by atoms with E-state index in [0.717, 1.165) is 38.3 Å². The minimum Gasteiger partial charge on any atom is -0.314 e. The highest BCUT2D eigenvalue weighted by molar-refractivity contribution is 7.93. The molecule has 2 aromatic rings. The molecule has 0 aliphatic carbocycles. The van der Waals surface area contributed by atoms with Crippen molar-refractivity contribution in [1.29, 1.82) is 0 Å². The lowest BCUT2D eigenvalue weighted by Gasteiger charge is -2.31. The molecule has 0 saturated carbocycles. The lowest BCUT2D eigenvalue weighted by molar-refractivity contribution is -0.121. The third kappa shape index (κ3) is 3.84. The predicted molar refractivity (Wildman–Crippen MR) is 105 cm³/mol. The van der Waals surface area contributed by atoms with Crippen LogP contribution >= 0.6 is 11.3 Å². The zero-order valence-electron chi connectivity index (χ0n) is 14.7. The number of hydrogen-bond acceptors (Lipinski definition) is 7. The molecule has 2 saturated heterocycles. The summed E-state index contributed by atoms with van der Waals surface area (Å²) in [5.74, 6) is 0.0911. The van der Waals surface area contributed by atoms with E-state index in [0.29, 0.717) is 11.7 Å². The van der Waals surface area contributed by atoms with Gasteiger partial charge in [-0.1, -0.05) is 0 Å². The Hall–Kier alpha value is -2.01. The van der Waals surface area contributed by atoms with Crippen LogP contribution in [0.15, 0.2) is 40.7 Å². The van der Waals surface area contributed by atoms with Crippen molar-refractivity contribution in [3.63, 3.8) is 0 Å². The second kappa shape index (κ2) is 7.55. The molecule has 2 aliphatic rings. The highest BCUT2D eigenvalue weighted by Crippen LogP contribution is 2.26. The number of carbonyl (C=O) groups excluding carboxylic acids is 1. The molecule has 8 nitrogen and oxygen atoms in total. The van der Waals surface area contributed by atoms with Gasteiger partial charge in [-0.2, -0.15) is 0 Å². The minimum atomic E-state index is -3.69. The van der Waals surface area contributed by atoms with Crippen LogP contribution in [0.3, 0.4) is 0 Å². The van der Waals surface area contributed by atoms with Crippen molar-refractivity contribution in [2.45, 2.75) is 17.4 Å². The van der Waals surface area contributed by atoms with E-state index in [1.807, 2.05) is 0 Å². The number of carbonyl (C=O) groups is 1. The smallest absolute Gasteiger partial charge is 0.263 e. The van der Waals surface area contributed by atoms with Gasteiger partial charge in [0.2, 0.25) is 5.91 Å². The average Bonchev–Trinajstić information content (AvgIpc) is 3.32. The number of nitrogens with one attached hydrogen (secondary N) is 2. The molecule has 2 aliphatic heterocycles. The van der Waals surface area contributed by atoms with Gasteiger partial charge in [0.1, 0.15) is 0 Å². The first-order valence-corrected chi connectivity index (χ1v) is 11.2. The number of aromatic nitrogens is 1. The number of rotatable bonds is 5. The highest BCUT2D eigenvalue weighted by Gasteiger charge is 2.37. The van der Waals surface area contributed by atoms with Crippen molar-refractivity contribution < 1.29 is 13.2 Å². The Morgan fingerprint density at radius 1 is 1.15 bits per heavy atom. The second-order valence-corrected chi connectivity index (χ2v) is 9.09. The van der Waals surface area contributed by atoms with Crippen LogP contribution in [0.2, 0.25) is 0 Å². The summed E-state index contributed by atoms with van der Waals surface area (Å²) < 4.78 is 27.3. The standard InChI is InChI=1S/C17H21N5O3S2/c23-16-15(21-10-6-18-7-11-21)5-9-22(16)13-1-3-14(4-2-13)27(24,25)20-17-19-8-12-26-17/h1-4,8,12,15,18H,5-7,9-11H2,(H,19,20)/t15-/m0/s1. The van der Waals surface area contributed by atoms with Gasteiger partial charge >= 0.3 is 0 Å². The maximum absolute atomic E-state index is 12.8. The summed E-state index contributed by atoms with van der Waals surface area (Å²) in [6.07, 6.45) is 2.34. The fourth-order valence-corrected chi connectivity index (χ4v) is 5.30. The van der Waals surface area contributed by atoms with Gasteiger partial charge in [0.25, 0.3) is 10.0 Å². The zero-order valence-corrected chi connectivity index (χ0v) is 16.3. The number of sulfonamides is 1. The molecule has 0 bridgehead atoms. The maximum Gasteiger partial charge on any atom is 0.263 e. The highest BCUT2D eigenvalue weighted by atomic mass is 32.2. The van der Waals surface area contributed by atoms with Crippen LogP contribution < -0.4 is 14.9 Å². The van der Waals surface area contributed by atoms with Crippen molar-refractivity contribution in [3.05, 3.63) is 35.8 Å². The van der Waals surface area contributed by atoms with Gasteiger partial charge in [-0.05, 0) is 30.7 Å². The van der Waals surface area contributed by atoms with Crippen LogP contribution in [0.4, 0.5) is 10.8 Å². The molecule has 4 rings (SSSR count). The monoisotopic (exact) mass is 407 g/mol. The molecule has 144 valence electrons. The van der Waals surface area contributed by atoms with Crippen molar-refractivity contribution in [2.75, 3.05) is 42.3 Å². The topological polar surface area (TPSA) is 94.6 Å². The fraction of sp³-hybridized carbons (Fsp3) is 0.412. The maximum atomic E-state index is 12.8. The fourth-order valence-electron chi connectivity index (χ4n) is 3.51. The van der Waals surface area contributed by atoms with Crippen molar-refractivity contribution in [1.82, 2.24) is 15.2 Å². The predicted octanol–water partition coefficient (Wildman–Crippen LogP) is 0.954. The van der Waals surface area contributed by atoms with Crippen LogP contribution in [0.25, 0.3) is 0 Å². The van der Waals surface area contributed by atoms with Gasteiger partial charge in [-0.3, -0.25) is 14.4 Å². The Morgan fingerprint density at radius 2 is 1.89 bits per heavy atom. The van der Waals surface area contributed by atoms with Gasteiger partial charge in [0, 0.05) is 50.0 Å². The number of thiazole rings is 1. The molecular weight excluding hydrogens is 386 g/mol. The van der Waals surface area contributed by atoms with Gasteiger partial charge in [0.05, 0.1) is 10.9 Å². The number of hydrogen-bond donors (Lipinski definition) is 2. The van der Waals surface area contributed by atoms with Gasteiger partial charge < -0.3 is 10.2 Å². The molecule has 0 radical (unpaired) electrons. The van der Waals surface area contributed by atoms with E-state index < -0.39 is 10.0 Å². The summed E-state index contributed by atoms with van der Waals surface area (Å²) >= 11 is 1.22. The van der Waals surface area contributed by atoms with Gasteiger partial charge in [-0.15, -0.1) is 11.3 Å².